The van der Waals surface area contributed by atoms with Crippen molar-refractivity contribution in [3.63, 3.8) is 0 Å². The Bertz CT molecular complexity index is 233. The molecule has 1 N–H and O–H groups in total. The highest BCUT2D eigenvalue weighted by atomic mass is 16.3. The monoisotopic (exact) mass is 178 g/mol. The number of hydrogen-bond donors (Lipinski definition) is 1. The third kappa shape index (κ3) is 4.06. The lowest BCUT2D eigenvalue weighted by Gasteiger charge is -2.17. The Balaban J connectivity index is 2.41. The average Bonchev–Trinajstić information content (AvgIpc) is 2.04. The molecule has 0 heterocycles. The molecule has 1 rings (SSSR count). The average molecular weight is 178 g/mol. The van der Waals surface area contributed by atoms with E-state index < -0.39 is 6.10 Å². The Labute approximate surface area is 79.8 Å². The van der Waals surface area contributed by atoms with Gasteiger partial charge in [-0.2, -0.15) is 0 Å². The van der Waals surface area contributed by atoms with Gasteiger partial charge in [0, 0.05) is 13.1 Å². The van der Waals surface area contributed by atoms with Crippen LogP contribution < -0.4 is 0 Å². The SMILES string of the molecule is [CH2]C(O)CN(C)Cc1ccccc1. The fourth-order valence-electron chi connectivity index (χ4n) is 1.32. The Morgan fingerprint density at radius 1 is 1.38 bits per heavy atom. The largest absolute Gasteiger partial charge is 0.392 e. The molecule has 0 spiro atoms. The van der Waals surface area contributed by atoms with E-state index in [1.807, 2.05) is 30.1 Å². The van der Waals surface area contributed by atoms with Gasteiger partial charge in [0.1, 0.15) is 0 Å². The number of aliphatic hydroxyl groups excluding tert-OH is 1. The molecule has 1 aromatic carbocycles. The predicted octanol–water partition coefficient (Wildman–Crippen LogP) is 1.31. The molecular weight excluding hydrogens is 162 g/mol. The van der Waals surface area contributed by atoms with Crippen LogP contribution in [0.1, 0.15) is 5.56 Å². The fourth-order valence-corrected chi connectivity index (χ4v) is 1.32. The summed E-state index contributed by atoms with van der Waals surface area (Å²) in [4.78, 5) is 2.05. The zero-order valence-electron chi connectivity index (χ0n) is 7.98. The van der Waals surface area contributed by atoms with Gasteiger partial charge in [-0.1, -0.05) is 30.3 Å². The summed E-state index contributed by atoms with van der Waals surface area (Å²) in [5, 5.41) is 9.05. The number of aliphatic hydroxyl groups is 1. The Hall–Kier alpha value is -0.860. The van der Waals surface area contributed by atoms with Crippen LogP contribution in [-0.4, -0.2) is 29.7 Å². The Kier molecular flexibility index (Phi) is 3.93. The van der Waals surface area contributed by atoms with Crippen molar-refractivity contribution in [2.75, 3.05) is 13.6 Å². The van der Waals surface area contributed by atoms with Crippen LogP contribution in [0.15, 0.2) is 30.3 Å². The molecule has 0 amide bonds. The van der Waals surface area contributed by atoms with Crippen LogP contribution in [0.25, 0.3) is 0 Å². The number of benzene rings is 1. The van der Waals surface area contributed by atoms with E-state index in [2.05, 4.69) is 19.1 Å². The Morgan fingerprint density at radius 2 is 2.00 bits per heavy atom. The van der Waals surface area contributed by atoms with Crippen LogP contribution in [0.3, 0.4) is 0 Å². The van der Waals surface area contributed by atoms with E-state index in [1.165, 1.54) is 5.56 Å². The second-order valence-electron chi connectivity index (χ2n) is 3.34. The molecule has 2 nitrogen and oxygen atoms in total. The molecule has 1 aromatic rings. The summed E-state index contributed by atoms with van der Waals surface area (Å²) in [6.45, 7) is 4.99. The van der Waals surface area contributed by atoms with E-state index in [1.54, 1.807) is 0 Å². The topological polar surface area (TPSA) is 23.5 Å². The van der Waals surface area contributed by atoms with Gasteiger partial charge in [-0.3, -0.25) is 4.90 Å². The van der Waals surface area contributed by atoms with Crippen LogP contribution in [0.5, 0.6) is 0 Å². The first-order valence-corrected chi connectivity index (χ1v) is 4.42. The van der Waals surface area contributed by atoms with E-state index in [0.29, 0.717) is 6.54 Å². The van der Waals surface area contributed by atoms with Crippen molar-refractivity contribution in [1.29, 1.82) is 0 Å². The van der Waals surface area contributed by atoms with Gasteiger partial charge < -0.3 is 5.11 Å². The molecule has 71 valence electrons. The summed E-state index contributed by atoms with van der Waals surface area (Å²) in [5.74, 6) is 0. The molecule has 0 aliphatic rings. The summed E-state index contributed by atoms with van der Waals surface area (Å²) < 4.78 is 0. The number of likely N-dealkylation sites (N-methyl/N-ethyl adjacent to an activating group) is 1. The molecule has 0 fully saturated rings. The molecule has 0 saturated heterocycles. The third-order valence-electron chi connectivity index (χ3n) is 1.82. The van der Waals surface area contributed by atoms with Crippen molar-refractivity contribution < 1.29 is 5.11 Å². The highest BCUT2D eigenvalue weighted by Crippen LogP contribution is 2.02. The summed E-state index contributed by atoms with van der Waals surface area (Å²) in [6.07, 6.45) is -0.506. The van der Waals surface area contributed by atoms with Crippen molar-refractivity contribution >= 4 is 0 Å². The van der Waals surface area contributed by atoms with Crippen molar-refractivity contribution in [3.8, 4) is 0 Å². The minimum atomic E-state index is -0.506. The summed E-state index contributed by atoms with van der Waals surface area (Å²) in [7, 11) is 1.97. The Morgan fingerprint density at radius 3 is 2.54 bits per heavy atom. The normalized spacial score (nSPS) is 13.2. The number of nitrogens with zero attached hydrogens (tertiary/aromatic N) is 1. The lowest BCUT2D eigenvalue weighted by molar-refractivity contribution is 0.158. The molecule has 1 radical (unpaired) electrons. The van der Waals surface area contributed by atoms with Crippen LogP contribution in [-0.2, 0) is 6.54 Å². The van der Waals surface area contributed by atoms with E-state index in [4.69, 9.17) is 5.11 Å². The quantitative estimate of drug-likeness (QED) is 0.751. The molecule has 0 aliphatic carbocycles. The number of hydrogen-bond acceptors (Lipinski definition) is 2. The molecule has 2 heteroatoms. The minimum absolute atomic E-state index is 0.506. The first-order valence-electron chi connectivity index (χ1n) is 4.42. The molecule has 0 aromatic heterocycles. The molecular formula is C11H16NO. The second kappa shape index (κ2) is 5.00. The molecule has 0 bridgehead atoms. The molecule has 0 saturated carbocycles. The molecule has 1 unspecified atom stereocenters. The fraction of sp³-hybridized carbons (Fsp3) is 0.364. The van der Waals surface area contributed by atoms with Gasteiger partial charge in [-0.15, -0.1) is 0 Å². The highest BCUT2D eigenvalue weighted by molar-refractivity contribution is 5.14. The zero-order valence-corrected chi connectivity index (χ0v) is 7.98. The van der Waals surface area contributed by atoms with E-state index >= 15 is 0 Å². The van der Waals surface area contributed by atoms with E-state index in [0.717, 1.165) is 6.54 Å². The van der Waals surface area contributed by atoms with Gasteiger partial charge >= 0.3 is 0 Å². The lowest BCUT2D eigenvalue weighted by atomic mass is 10.2. The van der Waals surface area contributed by atoms with Gasteiger partial charge in [-0.05, 0) is 19.5 Å². The van der Waals surface area contributed by atoms with E-state index in [-0.39, 0.29) is 0 Å². The first kappa shape index (κ1) is 10.2. The maximum absolute atomic E-state index is 9.05. The van der Waals surface area contributed by atoms with E-state index in [9.17, 15) is 0 Å². The van der Waals surface area contributed by atoms with Gasteiger partial charge in [-0.25, -0.2) is 0 Å². The summed E-state index contributed by atoms with van der Waals surface area (Å²) in [6, 6.07) is 10.2. The van der Waals surface area contributed by atoms with Crippen LogP contribution >= 0.6 is 0 Å². The smallest absolute Gasteiger partial charge is 0.0668 e. The maximum Gasteiger partial charge on any atom is 0.0668 e. The van der Waals surface area contributed by atoms with Gasteiger partial charge in [0.15, 0.2) is 0 Å². The number of rotatable bonds is 4. The highest BCUT2D eigenvalue weighted by Gasteiger charge is 2.02. The first-order chi connectivity index (χ1) is 6.18. The van der Waals surface area contributed by atoms with Crippen LogP contribution in [0, 0.1) is 6.92 Å². The van der Waals surface area contributed by atoms with Gasteiger partial charge in [0.2, 0.25) is 0 Å². The van der Waals surface area contributed by atoms with Crippen molar-refractivity contribution in [2.24, 2.45) is 0 Å². The minimum Gasteiger partial charge on any atom is -0.392 e. The zero-order chi connectivity index (χ0) is 9.68. The van der Waals surface area contributed by atoms with Gasteiger partial charge in [0.25, 0.3) is 0 Å². The van der Waals surface area contributed by atoms with Crippen molar-refractivity contribution in [3.05, 3.63) is 42.8 Å². The molecule has 1 atom stereocenters. The molecule has 13 heavy (non-hydrogen) atoms. The van der Waals surface area contributed by atoms with Gasteiger partial charge in [0.05, 0.1) is 6.10 Å². The summed E-state index contributed by atoms with van der Waals surface area (Å²) in [5.41, 5.74) is 1.26. The molecule has 0 aliphatic heterocycles. The maximum atomic E-state index is 9.05. The van der Waals surface area contributed by atoms with Crippen LogP contribution in [0.2, 0.25) is 0 Å². The van der Waals surface area contributed by atoms with Crippen molar-refractivity contribution in [1.82, 2.24) is 4.90 Å². The van der Waals surface area contributed by atoms with Crippen molar-refractivity contribution in [2.45, 2.75) is 12.6 Å². The lowest BCUT2D eigenvalue weighted by Crippen LogP contribution is -2.26. The second-order valence-corrected chi connectivity index (χ2v) is 3.34. The van der Waals surface area contributed by atoms with Crippen LogP contribution in [0.4, 0.5) is 0 Å². The third-order valence-corrected chi connectivity index (χ3v) is 1.82. The standard InChI is InChI=1S/C11H16NO/c1-10(13)8-12(2)9-11-6-4-3-5-7-11/h3-7,10,13H,1,8-9H2,2H3. The predicted molar refractivity (Wildman–Crippen MR) is 54.1 cm³/mol. The summed E-state index contributed by atoms with van der Waals surface area (Å²) >= 11 is 0.